The molecule has 0 radical (unpaired) electrons. The topological polar surface area (TPSA) is 21.5 Å². The first-order valence-corrected chi connectivity index (χ1v) is 7.99. The van der Waals surface area contributed by atoms with Crippen molar-refractivity contribution in [1.82, 2.24) is 4.40 Å². The van der Waals surface area contributed by atoms with Crippen LogP contribution in [0.4, 0.5) is 0 Å². The van der Waals surface area contributed by atoms with E-state index in [4.69, 9.17) is 0 Å². The lowest BCUT2D eigenvalue weighted by molar-refractivity contribution is 0.111. The highest BCUT2D eigenvalue weighted by Gasteiger charge is 2.11. The van der Waals surface area contributed by atoms with Gasteiger partial charge in [-0.05, 0) is 41.3 Å². The Kier molecular flexibility index (Phi) is 3.51. The van der Waals surface area contributed by atoms with Crippen LogP contribution in [0.3, 0.4) is 0 Å². The van der Waals surface area contributed by atoms with Crippen LogP contribution in [0.15, 0.2) is 79.0 Å². The van der Waals surface area contributed by atoms with Crippen LogP contribution in [0.5, 0.6) is 0 Å². The predicted octanol–water partition coefficient (Wildman–Crippen LogP) is 5.39. The molecule has 4 rings (SSSR count). The Balaban J connectivity index is 1.82. The summed E-state index contributed by atoms with van der Waals surface area (Å²) < 4.78 is 1.96. The molecule has 0 aliphatic rings. The molecule has 0 aliphatic heterocycles. The summed E-state index contributed by atoms with van der Waals surface area (Å²) in [5, 5.41) is 0. The zero-order chi connectivity index (χ0) is 16.5. The number of carbonyl (C=O) groups excluding carboxylic acids is 1. The Morgan fingerprint density at radius 2 is 1.46 bits per heavy atom. The van der Waals surface area contributed by atoms with Crippen LogP contribution in [-0.4, -0.2) is 10.7 Å². The van der Waals surface area contributed by atoms with Crippen molar-refractivity contribution in [2.75, 3.05) is 0 Å². The third-order valence-corrected chi connectivity index (χ3v) is 4.37. The van der Waals surface area contributed by atoms with Gasteiger partial charge in [-0.1, -0.05) is 60.7 Å². The number of hydrogen-bond donors (Lipinski definition) is 0. The molecule has 4 aromatic rings. The molecule has 0 atom stereocenters. The Hall–Kier alpha value is -3.13. The van der Waals surface area contributed by atoms with Crippen LogP contribution in [0.25, 0.3) is 27.8 Å². The molecule has 0 saturated heterocycles. The summed E-state index contributed by atoms with van der Waals surface area (Å²) in [6.07, 6.45) is 2.94. The quantitative estimate of drug-likeness (QED) is 0.465. The molecule has 0 unspecified atom stereocenters. The molecule has 116 valence electrons. The van der Waals surface area contributed by atoms with Crippen molar-refractivity contribution in [3.8, 4) is 22.3 Å². The lowest BCUT2D eigenvalue weighted by Gasteiger charge is -2.05. The van der Waals surface area contributed by atoms with Crippen molar-refractivity contribution in [3.05, 3.63) is 90.3 Å². The van der Waals surface area contributed by atoms with E-state index in [0.29, 0.717) is 5.69 Å². The molecule has 2 aromatic carbocycles. The monoisotopic (exact) mass is 311 g/mol. The minimum atomic E-state index is 0.696. The first kappa shape index (κ1) is 14.5. The van der Waals surface area contributed by atoms with E-state index in [-0.39, 0.29) is 0 Å². The number of benzene rings is 2. The second-order valence-electron chi connectivity index (χ2n) is 6.01. The minimum Gasteiger partial charge on any atom is -0.313 e. The summed E-state index contributed by atoms with van der Waals surface area (Å²) in [5.74, 6) is 0. The summed E-state index contributed by atoms with van der Waals surface area (Å²) in [5.41, 5.74) is 7.25. The molecule has 24 heavy (non-hydrogen) atoms. The highest BCUT2D eigenvalue weighted by Crippen LogP contribution is 2.29. The van der Waals surface area contributed by atoms with Gasteiger partial charge in [0.2, 0.25) is 0 Å². The van der Waals surface area contributed by atoms with Gasteiger partial charge in [0.15, 0.2) is 6.29 Å². The number of rotatable bonds is 3. The largest absolute Gasteiger partial charge is 0.313 e. The summed E-state index contributed by atoms with van der Waals surface area (Å²) in [6.45, 7) is 2.03. The zero-order valence-electron chi connectivity index (χ0n) is 13.4. The molecule has 0 amide bonds. The van der Waals surface area contributed by atoms with Crippen molar-refractivity contribution < 1.29 is 4.79 Å². The van der Waals surface area contributed by atoms with Crippen molar-refractivity contribution in [3.63, 3.8) is 0 Å². The maximum Gasteiger partial charge on any atom is 0.167 e. The number of hydrogen-bond acceptors (Lipinski definition) is 1. The van der Waals surface area contributed by atoms with Crippen molar-refractivity contribution >= 4 is 11.8 Å². The van der Waals surface area contributed by atoms with Gasteiger partial charge in [0.25, 0.3) is 0 Å². The maximum atomic E-state index is 11.7. The molecule has 2 heterocycles. The highest BCUT2D eigenvalue weighted by atomic mass is 16.1. The van der Waals surface area contributed by atoms with E-state index in [1.54, 1.807) is 0 Å². The number of carbonyl (C=O) groups is 1. The molecule has 0 spiro atoms. The van der Waals surface area contributed by atoms with E-state index in [1.807, 2.05) is 41.8 Å². The third kappa shape index (κ3) is 2.42. The Morgan fingerprint density at radius 3 is 2.17 bits per heavy atom. The molecular formula is C22H17NO. The van der Waals surface area contributed by atoms with Crippen LogP contribution in [0.2, 0.25) is 0 Å². The smallest absolute Gasteiger partial charge is 0.167 e. The van der Waals surface area contributed by atoms with Gasteiger partial charge in [-0.15, -0.1) is 0 Å². The lowest BCUT2D eigenvalue weighted by atomic mass is 10.0. The summed E-state index contributed by atoms with van der Waals surface area (Å²) in [4.78, 5) is 11.7. The van der Waals surface area contributed by atoms with Crippen LogP contribution >= 0.6 is 0 Å². The van der Waals surface area contributed by atoms with Gasteiger partial charge in [-0.25, -0.2) is 0 Å². The number of aryl methyl sites for hydroxylation is 1. The highest BCUT2D eigenvalue weighted by molar-refractivity contribution is 5.90. The zero-order valence-corrected chi connectivity index (χ0v) is 13.4. The fraction of sp³-hybridized carbons (Fsp3) is 0.0455. The van der Waals surface area contributed by atoms with E-state index in [9.17, 15) is 4.79 Å². The summed E-state index contributed by atoms with van der Waals surface area (Å²) in [7, 11) is 0. The van der Waals surface area contributed by atoms with E-state index in [0.717, 1.165) is 28.5 Å². The van der Waals surface area contributed by atoms with Gasteiger partial charge < -0.3 is 4.40 Å². The Morgan fingerprint density at radius 1 is 0.792 bits per heavy atom. The van der Waals surface area contributed by atoms with E-state index >= 15 is 0 Å². The normalized spacial score (nSPS) is 10.9. The van der Waals surface area contributed by atoms with Gasteiger partial charge in [0.05, 0.1) is 5.69 Å². The molecule has 2 aromatic heterocycles. The van der Waals surface area contributed by atoms with Crippen LogP contribution in [0.1, 0.15) is 16.1 Å². The van der Waals surface area contributed by atoms with Crippen molar-refractivity contribution in [2.24, 2.45) is 0 Å². The van der Waals surface area contributed by atoms with Gasteiger partial charge in [-0.2, -0.15) is 0 Å². The molecule has 0 bridgehead atoms. The van der Waals surface area contributed by atoms with E-state index < -0.39 is 0 Å². The van der Waals surface area contributed by atoms with Crippen LogP contribution in [0, 0.1) is 6.92 Å². The molecule has 2 heteroatoms. The van der Waals surface area contributed by atoms with Gasteiger partial charge in [0, 0.05) is 17.3 Å². The van der Waals surface area contributed by atoms with Gasteiger partial charge >= 0.3 is 0 Å². The van der Waals surface area contributed by atoms with Crippen molar-refractivity contribution in [2.45, 2.75) is 6.92 Å². The first-order chi connectivity index (χ1) is 11.8. The molecular weight excluding hydrogens is 294 g/mol. The number of fused-ring (bicyclic) bond motifs is 1. The molecule has 0 fully saturated rings. The fourth-order valence-corrected chi connectivity index (χ4v) is 3.12. The number of aldehydes is 1. The summed E-state index contributed by atoms with van der Waals surface area (Å²) in [6, 6.07) is 24.8. The standard InChI is InChI=1S/C22H17NO/c1-16-7-12-20-13-21(22(15-24)23(20)14-16)19-10-8-18(9-11-19)17-5-3-2-4-6-17/h2-15H,1H3. The fourth-order valence-electron chi connectivity index (χ4n) is 3.12. The first-order valence-electron chi connectivity index (χ1n) is 7.99. The van der Waals surface area contributed by atoms with Crippen molar-refractivity contribution in [1.29, 1.82) is 0 Å². The SMILES string of the molecule is Cc1ccc2cc(-c3ccc(-c4ccccc4)cc3)c(C=O)n2c1. The Labute approximate surface area is 141 Å². The van der Waals surface area contributed by atoms with Gasteiger partial charge in [-0.3, -0.25) is 4.79 Å². The van der Waals surface area contributed by atoms with E-state index in [2.05, 4.69) is 48.5 Å². The molecule has 0 saturated carbocycles. The third-order valence-electron chi connectivity index (χ3n) is 4.37. The number of nitrogens with zero attached hydrogens (tertiary/aromatic N) is 1. The second kappa shape index (κ2) is 5.82. The number of pyridine rings is 1. The minimum absolute atomic E-state index is 0.696. The average Bonchev–Trinajstić information content (AvgIpc) is 3.00. The van der Waals surface area contributed by atoms with Crippen LogP contribution in [-0.2, 0) is 0 Å². The lowest BCUT2D eigenvalue weighted by Crippen LogP contribution is -1.93. The Bertz CT molecular complexity index is 1010. The van der Waals surface area contributed by atoms with E-state index in [1.165, 1.54) is 11.1 Å². The average molecular weight is 311 g/mol. The molecule has 0 aliphatic carbocycles. The predicted molar refractivity (Wildman–Crippen MR) is 98.4 cm³/mol. The molecule has 0 N–H and O–H groups in total. The van der Waals surface area contributed by atoms with Crippen LogP contribution < -0.4 is 0 Å². The molecule has 2 nitrogen and oxygen atoms in total. The second-order valence-corrected chi connectivity index (χ2v) is 6.01. The number of aromatic nitrogens is 1. The van der Waals surface area contributed by atoms with Gasteiger partial charge in [0.1, 0.15) is 0 Å². The maximum absolute atomic E-state index is 11.7. The summed E-state index contributed by atoms with van der Waals surface area (Å²) >= 11 is 0.